The zero-order valence-electron chi connectivity index (χ0n) is 8.41. The first-order valence-electron chi connectivity index (χ1n) is 4.55. The molecule has 0 amide bonds. The quantitative estimate of drug-likeness (QED) is 0.476. The van der Waals surface area contributed by atoms with Crippen LogP contribution in [0.4, 0.5) is 10.1 Å². The average Bonchev–Trinajstić information content (AvgIpc) is 2.33. The van der Waals surface area contributed by atoms with Crippen molar-refractivity contribution in [3.63, 3.8) is 0 Å². The van der Waals surface area contributed by atoms with Gasteiger partial charge in [-0.3, -0.25) is 10.1 Å². The Labute approximate surface area is 99.9 Å². The molecule has 0 aliphatic heterocycles. The molecule has 0 unspecified atom stereocenters. The number of nitro groups is 1. The van der Waals surface area contributed by atoms with Crippen LogP contribution in [0.5, 0.6) is 0 Å². The van der Waals surface area contributed by atoms with Crippen molar-refractivity contribution in [3.8, 4) is 0 Å². The molecule has 0 saturated heterocycles. The van der Waals surface area contributed by atoms with Gasteiger partial charge in [-0.1, -0.05) is 12.1 Å². The van der Waals surface area contributed by atoms with Crippen molar-refractivity contribution in [2.75, 3.05) is 0 Å². The molecule has 0 aliphatic rings. The van der Waals surface area contributed by atoms with E-state index in [4.69, 9.17) is 0 Å². The third-order valence-corrected chi connectivity index (χ3v) is 2.81. The van der Waals surface area contributed by atoms with Crippen molar-refractivity contribution in [2.45, 2.75) is 10.1 Å². The Kier molecular flexibility index (Phi) is 3.29. The van der Waals surface area contributed by atoms with Gasteiger partial charge in [0.15, 0.2) is 5.16 Å². The Morgan fingerprint density at radius 1 is 1.24 bits per heavy atom. The maximum atomic E-state index is 13.3. The molecule has 7 heteroatoms. The summed E-state index contributed by atoms with van der Waals surface area (Å²) < 4.78 is 13.3. The predicted octanol–water partition coefficient (Wildman–Crippen LogP) is 2.68. The van der Waals surface area contributed by atoms with Gasteiger partial charge in [0.05, 0.1) is 9.82 Å². The highest BCUT2D eigenvalue weighted by Crippen LogP contribution is 2.26. The van der Waals surface area contributed by atoms with Crippen molar-refractivity contribution < 1.29 is 9.31 Å². The number of halogens is 1. The minimum absolute atomic E-state index is 0.192. The SMILES string of the molecule is O=[N+]([O-])c1cnc(Sc2ccccc2F)nc1. The zero-order chi connectivity index (χ0) is 12.3. The average molecular weight is 251 g/mol. The van der Waals surface area contributed by atoms with Gasteiger partial charge in [-0.2, -0.15) is 0 Å². The molecule has 0 atom stereocenters. The van der Waals surface area contributed by atoms with Crippen LogP contribution in [-0.4, -0.2) is 14.9 Å². The van der Waals surface area contributed by atoms with Gasteiger partial charge in [0.1, 0.15) is 18.2 Å². The second-order valence-corrected chi connectivity index (χ2v) is 4.02. The summed E-state index contributed by atoms with van der Waals surface area (Å²) in [6.45, 7) is 0. The van der Waals surface area contributed by atoms with E-state index >= 15 is 0 Å². The summed E-state index contributed by atoms with van der Waals surface area (Å²) in [6, 6.07) is 6.19. The lowest BCUT2D eigenvalue weighted by molar-refractivity contribution is -0.385. The molecule has 1 heterocycles. The smallest absolute Gasteiger partial charge is 0.258 e. The molecule has 1 aromatic heterocycles. The van der Waals surface area contributed by atoms with Crippen LogP contribution in [-0.2, 0) is 0 Å². The third-order valence-electron chi connectivity index (χ3n) is 1.86. The minimum Gasteiger partial charge on any atom is -0.258 e. The van der Waals surface area contributed by atoms with Crippen LogP contribution in [0.15, 0.2) is 46.7 Å². The Morgan fingerprint density at radius 3 is 2.47 bits per heavy atom. The van der Waals surface area contributed by atoms with Crippen LogP contribution in [0.1, 0.15) is 0 Å². The fourth-order valence-corrected chi connectivity index (χ4v) is 1.80. The third kappa shape index (κ3) is 2.76. The topological polar surface area (TPSA) is 68.9 Å². The molecule has 0 saturated carbocycles. The highest BCUT2D eigenvalue weighted by atomic mass is 32.2. The molecule has 17 heavy (non-hydrogen) atoms. The lowest BCUT2D eigenvalue weighted by Crippen LogP contribution is -1.92. The van der Waals surface area contributed by atoms with E-state index < -0.39 is 4.92 Å². The molecule has 2 aromatic rings. The lowest BCUT2D eigenvalue weighted by atomic mass is 10.4. The number of nitrogens with zero attached hydrogens (tertiary/aromatic N) is 3. The molecule has 5 nitrogen and oxygen atoms in total. The van der Waals surface area contributed by atoms with Crippen LogP contribution < -0.4 is 0 Å². The predicted molar refractivity (Wildman–Crippen MR) is 59.2 cm³/mol. The summed E-state index contributed by atoms with van der Waals surface area (Å²) in [5.74, 6) is -0.376. The number of hydrogen-bond acceptors (Lipinski definition) is 5. The van der Waals surface area contributed by atoms with Crippen LogP contribution in [0.3, 0.4) is 0 Å². The van der Waals surface area contributed by atoms with Crippen molar-refractivity contribution in [1.29, 1.82) is 0 Å². The van der Waals surface area contributed by atoms with E-state index in [1.165, 1.54) is 6.07 Å². The van der Waals surface area contributed by atoms with Crippen molar-refractivity contribution >= 4 is 17.4 Å². The van der Waals surface area contributed by atoms with E-state index in [-0.39, 0.29) is 16.7 Å². The normalized spacial score (nSPS) is 10.2. The van der Waals surface area contributed by atoms with E-state index in [0.29, 0.717) is 4.90 Å². The molecular weight excluding hydrogens is 245 g/mol. The molecule has 0 radical (unpaired) electrons. The molecule has 0 fully saturated rings. The molecule has 0 spiro atoms. The van der Waals surface area contributed by atoms with Crippen LogP contribution in [0.25, 0.3) is 0 Å². The van der Waals surface area contributed by atoms with Gasteiger partial charge in [0.2, 0.25) is 0 Å². The van der Waals surface area contributed by atoms with Gasteiger partial charge in [0, 0.05) is 0 Å². The number of hydrogen-bond donors (Lipinski definition) is 0. The summed E-state index contributed by atoms with van der Waals surface area (Å²) >= 11 is 1.01. The monoisotopic (exact) mass is 251 g/mol. The van der Waals surface area contributed by atoms with Gasteiger partial charge in [-0.25, -0.2) is 14.4 Å². The van der Waals surface area contributed by atoms with E-state index in [1.54, 1.807) is 18.2 Å². The van der Waals surface area contributed by atoms with Gasteiger partial charge in [-0.15, -0.1) is 0 Å². The fourth-order valence-electron chi connectivity index (χ4n) is 1.08. The summed E-state index contributed by atoms with van der Waals surface area (Å²) in [7, 11) is 0. The second-order valence-electron chi connectivity index (χ2n) is 3.01. The molecule has 1 aromatic carbocycles. The largest absolute Gasteiger partial charge is 0.305 e. The van der Waals surface area contributed by atoms with Crippen LogP contribution in [0, 0.1) is 15.9 Å². The van der Waals surface area contributed by atoms with Crippen molar-refractivity contribution in [1.82, 2.24) is 9.97 Å². The first-order valence-corrected chi connectivity index (χ1v) is 5.37. The fraction of sp³-hybridized carbons (Fsp3) is 0. The Bertz CT molecular complexity index is 548. The standard InChI is InChI=1S/C10H6FN3O2S/c11-8-3-1-2-4-9(8)17-10-12-5-7(6-13-10)14(15)16/h1-6H. The van der Waals surface area contributed by atoms with Crippen molar-refractivity contribution in [3.05, 3.63) is 52.6 Å². The maximum Gasteiger partial charge on any atom is 0.305 e. The first kappa shape index (κ1) is 11.5. The van der Waals surface area contributed by atoms with Gasteiger partial charge >= 0.3 is 5.69 Å². The van der Waals surface area contributed by atoms with E-state index in [9.17, 15) is 14.5 Å². The van der Waals surface area contributed by atoms with Crippen LogP contribution in [0.2, 0.25) is 0 Å². The molecular formula is C10H6FN3O2S. The molecule has 0 aliphatic carbocycles. The van der Waals surface area contributed by atoms with Crippen molar-refractivity contribution in [2.24, 2.45) is 0 Å². The number of aromatic nitrogens is 2. The summed E-state index contributed by atoms with van der Waals surface area (Å²) in [5, 5.41) is 10.6. The van der Waals surface area contributed by atoms with Gasteiger partial charge < -0.3 is 0 Å². The van der Waals surface area contributed by atoms with Crippen LogP contribution >= 0.6 is 11.8 Å². The summed E-state index contributed by atoms with van der Waals surface area (Å²) in [4.78, 5) is 17.7. The summed E-state index contributed by atoms with van der Waals surface area (Å²) in [5.41, 5.74) is -0.192. The zero-order valence-corrected chi connectivity index (χ0v) is 9.22. The maximum absolute atomic E-state index is 13.3. The molecule has 86 valence electrons. The number of rotatable bonds is 3. The lowest BCUT2D eigenvalue weighted by Gasteiger charge is -2.00. The minimum atomic E-state index is -0.586. The highest BCUT2D eigenvalue weighted by Gasteiger charge is 2.09. The summed E-state index contributed by atoms with van der Waals surface area (Å²) in [6.07, 6.45) is 2.19. The Morgan fingerprint density at radius 2 is 1.88 bits per heavy atom. The Hall–Kier alpha value is -2.02. The number of benzene rings is 1. The molecule has 0 N–H and O–H groups in total. The first-order chi connectivity index (χ1) is 8.16. The second kappa shape index (κ2) is 4.88. The Balaban J connectivity index is 2.20. The van der Waals surface area contributed by atoms with Gasteiger partial charge in [0.25, 0.3) is 0 Å². The highest BCUT2D eigenvalue weighted by molar-refractivity contribution is 7.99. The van der Waals surface area contributed by atoms with E-state index in [2.05, 4.69) is 9.97 Å². The van der Waals surface area contributed by atoms with E-state index in [1.807, 2.05) is 0 Å². The molecule has 2 rings (SSSR count). The van der Waals surface area contributed by atoms with Gasteiger partial charge in [-0.05, 0) is 23.9 Å². The molecule has 0 bridgehead atoms. The van der Waals surface area contributed by atoms with E-state index in [0.717, 1.165) is 24.2 Å².